The van der Waals surface area contributed by atoms with Crippen molar-refractivity contribution in [2.24, 2.45) is 0 Å². The van der Waals surface area contributed by atoms with E-state index in [1.54, 1.807) is 24.3 Å². The molecule has 0 radical (unpaired) electrons. The molecule has 3 aromatic carbocycles. The molecule has 0 amide bonds. The summed E-state index contributed by atoms with van der Waals surface area (Å²) in [6, 6.07) is 22.4. The molecule has 0 heterocycles. The van der Waals surface area contributed by atoms with Crippen LogP contribution >= 0.6 is 0 Å². The number of halogens is 1. The third-order valence-corrected chi connectivity index (χ3v) is 3.45. The van der Waals surface area contributed by atoms with Crippen LogP contribution < -0.4 is 0 Å². The van der Waals surface area contributed by atoms with Gasteiger partial charge in [-0.15, -0.1) is 0 Å². The molecule has 0 fully saturated rings. The Morgan fingerprint density at radius 1 is 0.857 bits per heavy atom. The molecule has 0 aliphatic carbocycles. The van der Waals surface area contributed by atoms with Gasteiger partial charge in [0, 0.05) is 0 Å². The fourth-order valence-corrected chi connectivity index (χ4v) is 2.33. The summed E-state index contributed by atoms with van der Waals surface area (Å²) in [4.78, 5) is 0. The van der Waals surface area contributed by atoms with Crippen LogP contribution in [0.1, 0.15) is 17.2 Å². The topological polar surface area (TPSA) is 20.2 Å². The maximum atomic E-state index is 14.2. The smallest absolute Gasteiger partial charge is 0.134 e. The average Bonchev–Trinajstić information content (AvgIpc) is 2.55. The molecule has 0 saturated heterocycles. The normalized spacial score (nSPS) is 13.3. The van der Waals surface area contributed by atoms with Crippen molar-refractivity contribution in [3.05, 3.63) is 89.8 Å². The van der Waals surface area contributed by atoms with Gasteiger partial charge in [-0.25, -0.2) is 4.39 Å². The second-order valence-corrected chi connectivity index (χ2v) is 4.95. The van der Waals surface area contributed by atoms with Gasteiger partial charge in [-0.1, -0.05) is 66.7 Å². The van der Waals surface area contributed by atoms with E-state index >= 15 is 0 Å². The fourth-order valence-electron chi connectivity index (χ4n) is 2.33. The van der Waals surface area contributed by atoms with Crippen LogP contribution in [0.3, 0.4) is 0 Å². The molecule has 21 heavy (non-hydrogen) atoms. The molecule has 3 aromatic rings. The molecular weight excluding hydrogens is 263 g/mol. The first-order chi connectivity index (χ1) is 10.2. The number of hydrogen-bond acceptors (Lipinski definition) is 1. The zero-order valence-electron chi connectivity index (χ0n) is 11.4. The molecule has 0 aliphatic heterocycles. The standard InChI is InChI=1S/C19H15FO/c20-18(19(21)16-7-2-1-3-8-16)13-14-10-11-15-6-4-5-9-17(15)12-14/h1-13,19,21H/b18-13-. The molecule has 0 saturated carbocycles. The molecule has 1 atom stereocenters. The van der Waals surface area contributed by atoms with E-state index in [1.165, 1.54) is 6.08 Å². The van der Waals surface area contributed by atoms with E-state index in [-0.39, 0.29) is 0 Å². The average molecular weight is 278 g/mol. The molecule has 0 spiro atoms. The first-order valence-corrected chi connectivity index (χ1v) is 6.83. The van der Waals surface area contributed by atoms with Gasteiger partial charge in [-0.2, -0.15) is 0 Å². The van der Waals surface area contributed by atoms with E-state index in [0.717, 1.165) is 16.3 Å². The Morgan fingerprint density at radius 3 is 2.29 bits per heavy atom. The minimum atomic E-state index is -1.22. The van der Waals surface area contributed by atoms with Crippen LogP contribution in [0.25, 0.3) is 16.8 Å². The van der Waals surface area contributed by atoms with Crippen LogP contribution in [0.5, 0.6) is 0 Å². The van der Waals surface area contributed by atoms with Gasteiger partial charge < -0.3 is 5.11 Å². The Labute approximate surface area is 123 Å². The lowest BCUT2D eigenvalue weighted by molar-refractivity contribution is 0.188. The molecule has 0 aliphatic rings. The molecule has 1 N–H and O–H groups in total. The zero-order valence-corrected chi connectivity index (χ0v) is 11.4. The van der Waals surface area contributed by atoms with Crippen molar-refractivity contribution in [2.75, 3.05) is 0 Å². The van der Waals surface area contributed by atoms with Crippen LogP contribution in [0, 0.1) is 0 Å². The van der Waals surface area contributed by atoms with E-state index in [4.69, 9.17) is 0 Å². The zero-order chi connectivity index (χ0) is 14.7. The van der Waals surface area contributed by atoms with E-state index in [9.17, 15) is 9.50 Å². The Balaban J connectivity index is 1.92. The lowest BCUT2D eigenvalue weighted by Crippen LogP contribution is -1.97. The summed E-state index contributed by atoms with van der Waals surface area (Å²) in [6.07, 6.45) is 0.155. The van der Waals surface area contributed by atoms with Gasteiger partial charge in [0.25, 0.3) is 0 Å². The van der Waals surface area contributed by atoms with Crippen molar-refractivity contribution < 1.29 is 9.50 Å². The molecule has 104 valence electrons. The number of fused-ring (bicyclic) bond motifs is 1. The largest absolute Gasteiger partial charge is 0.381 e. The van der Waals surface area contributed by atoms with Crippen molar-refractivity contribution >= 4 is 16.8 Å². The summed E-state index contributed by atoms with van der Waals surface area (Å²) in [5.41, 5.74) is 1.29. The van der Waals surface area contributed by atoms with Gasteiger partial charge in [0.1, 0.15) is 11.9 Å². The summed E-state index contributed by atoms with van der Waals surface area (Å²) >= 11 is 0. The van der Waals surface area contributed by atoms with Crippen LogP contribution in [0.2, 0.25) is 0 Å². The van der Waals surface area contributed by atoms with Crippen LogP contribution in [-0.4, -0.2) is 5.11 Å². The van der Waals surface area contributed by atoms with E-state index in [2.05, 4.69) is 0 Å². The molecule has 2 heteroatoms. The molecule has 0 aromatic heterocycles. The van der Waals surface area contributed by atoms with E-state index in [0.29, 0.717) is 5.56 Å². The first kappa shape index (κ1) is 13.5. The van der Waals surface area contributed by atoms with Crippen molar-refractivity contribution in [1.29, 1.82) is 0 Å². The SMILES string of the molecule is OC(/C(F)=C/c1ccc2ccccc2c1)c1ccccc1. The quantitative estimate of drug-likeness (QED) is 0.723. The third-order valence-electron chi connectivity index (χ3n) is 3.45. The number of benzene rings is 3. The summed E-state index contributed by atoms with van der Waals surface area (Å²) in [5.74, 6) is -0.559. The van der Waals surface area contributed by atoms with Crippen LogP contribution in [0.15, 0.2) is 78.6 Å². The molecule has 0 bridgehead atoms. The number of rotatable bonds is 3. The summed E-state index contributed by atoms with van der Waals surface area (Å²) in [5, 5.41) is 12.2. The van der Waals surface area contributed by atoms with Gasteiger partial charge in [0.2, 0.25) is 0 Å². The highest BCUT2D eigenvalue weighted by Crippen LogP contribution is 2.25. The summed E-state index contributed by atoms with van der Waals surface area (Å²) in [6.45, 7) is 0. The van der Waals surface area contributed by atoms with Crippen LogP contribution in [-0.2, 0) is 0 Å². The van der Waals surface area contributed by atoms with Gasteiger partial charge in [0.05, 0.1) is 0 Å². The van der Waals surface area contributed by atoms with E-state index < -0.39 is 11.9 Å². The van der Waals surface area contributed by atoms with Crippen molar-refractivity contribution in [3.8, 4) is 0 Å². The predicted octanol–water partition coefficient (Wildman–Crippen LogP) is 4.88. The van der Waals surface area contributed by atoms with Gasteiger partial charge in [0.15, 0.2) is 0 Å². The van der Waals surface area contributed by atoms with Gasteiger partial charge >= 0.3 is 0 Å². The Bertz CT molecular complexity index is 778. The van der Waals surface area contributed by atoms with Crippen molar-refractivity contribution in [2.45, 2.75) is 6.10 Å². The maximum absolute atomic E-state index is 14.2. The highest BCUT2D eigenvalue weighted by atomic mass is 19.1. The molecule has 3 rings (SSSR count). The lowest BCUT2D eigenvalue weighted by atomic mass is 10.0. The summed E-state index contributed by atoms with van der Waals surface area (Å²) in [7, 11) is 0. The Hall–Kier alpha value is -2.45. The van der Waals surface area contributed by atoms with Crippen LogP contribution in [0.4, 0.5) is 4.39 Å². The Morgan fingerprint density at radius 2 is 1.52 bits per heavy atom. The van der Waals surface area contributed by atoms with Gasteiger partial charge in [-0.3, -0.25) is 0 Å². The highest BCUT2D eigenvalue weighted by Gasteiger charge is 2.12. The number of aliphatic hydroxyl groups excluding tert-OH is 1. The fraction of sp³-hybridized carbons (Fsp3) is 0.0526. The predicted molar refractivity (Wildman–Crippen MR) is 84.4 cm³/mol. The highest BCUT2D eigenvalue weighted by molar-refractivity contribution is 5.84. The second kappa shape index (κ2) is 5.90. The number of aliphatic hydroxyl groups is 1. The maximum Gasteiger partial charge on any atom is 0.134 e. The third kappa shape index (κ3) is 3.01. The first-order valence-electron chi connectivity index (χ1n) is 6.83. The van der Waals surface area contributed by atoms with Crippen molar-refractivity contribution in [3.63, 3.8) is 0 Å². The lowest BCUT2D eigenvalue weighted by Gasteiger charge is -2.08. The minimum absolute atomic E-state index is 0.548. The summed E-state index contributed by atoms with van der Waals surface area (Å²) < 4.78 is 14.2. The van der Waals surface area contributed by atoms with Crippen molar-refractivity contribution in [1.82, 2.24) is 0 Å². The van der Waals surface area contributed by atoms with E-state index in [1.807, 2.05) is 48.5 Å². The molecular formula is C19H15FO. The minimum Gasteiger partial charge on any atom is -0.381 e. The second-order valence-electron chi connectivity index (χ2n) is 4.95. The monoisotopic (exact) mass is 278 g/mol. The van der Waals surface area contributed by atoms with Gasteiger partial charge in [-0.05, 0) is 34.0 Å². The molecule has 1 unspecified atom stereocenters. The molecule has 1 nitrogen and oxygen atoms in total. The number of hydrogen-bond donors (Lipinski definition) is 1. The Kier molecular flexibility index (Phi) is 3.80.